The maximum atomic E-state index is 5.88. The summed E-state index contributed by atoms with van der Waals surface area (Å²) in [4.78, 5) is 5.68. The van der Waals surface area contributed by atoms with Crippen LogP contribution in [0.2, 0.25) is 0 Å². The third kappa shape index (κ3) is 5.84. The molecule has 0 unspecified atom stereocenters. The average molecular weight is 430 g/mol. The van der Waals surface area contributed by atoms with Crippen LogP contribution >= 0.6 is 0 Å². The van der Waals surface area contributed by atoms with Crippen LogP contribution in [0, 0.1) is 0 Å². The Kier molecular flexibility index (Phi) is 9.50. The fraction of sp³-hybridized carbons (Fsp3) is 0.480. The normalized spacial score (nSPS) is 11.3. The predicted molar refractivity (Wildman–Crippen MR) is 126 cm³/mol. The van der Waals surface area contributed by atoms with Crippen molar-refractivity contribution in [3.63, 3.8) is 0 Å². The van der Waals surface area contributed by atoms with Crippen LogP contribution in [0.3, 0.4) is 0 Å². The number of rotatable bonds is 12. The summed E-state index contributed by atoms with van der Waals surface area (Å²) in [6.45, 7) is 6.87. The van der Waals surface area contributed by atoms with Crippen molar-refractivity contribution in [1.82, 2.24) is 0 Å². The molecule has 170 valence electrons. The minimum atomic E-state index is 0.580. The van der Waals surface area contributed by atoms with Crippen molar-refractivity contribution < 1.29 is 23.8 Å². The van der Waals surface area contributed by atoms with Crippen LogP contribution in [0.1, 0.15) is 52.0 Å². The monoisotopic (exact) mass is 429 g/mol. The number of fused-ring (bicyclic) bond motifs is 1. The molecule has 31 heavy (non-hydrogen) atoms. The minimum Gasteiger partial charge on any atom is -0.496 e. The van der Waals surface area contributed by atoms with Crippen LogP contribution < -0.4 is 18.9 Å². The zero-order valence-corrected chi connectivity index (χ0v) is 19.8. The van der Waals surface area contributed by atoms with E-state index in [2.05, 4.69) is 32.0 Å². The molecule has 0 aromatic heterocycles. The Bertz CT molecular complexity index is 929. The molecule has 0 spiro atoms. The van der Waals surface area contributed by atoms with Crippen molar-refractivity contribution >= 4 is 16.5 Å². The number of oxime groups is 1. The molecule has 6 nitrogen and oxygen atoms in total. The van der Waals surface area contributed by atoms with E-state index in [0.29, 0.717) is 36.0 Å². The molecule has 2 aromatic carbocycles. The zero-order chi connectivity index (χ0) is 22.8. The highest BCUT2D eigenvalue weighted by molar-refractivity contribution is 6.12. The van der Waals surface area contributed by atoms with E-state index in [4.69, 9.17) is 23.8 Å². The molecule has 2 aromatic rings. The van der Waals surface area contributed by atoms with E-state index < -0.39 is 0 Å². The Labute approximate surface area is 185 Å². The first kappa shape index (κ1) is 24.4. The topological polar surface area (TPSA) is 58.5 Å². The van der Waals surface area contributed by atoms with Gasteiger partial charge in [-0.15, -0.1) is 0 Å². The molecule has 0 bridgehead atoms. The fourth-order valence-corrected chi connectivity index (χ4v) is 3.40. The number of benzene rings is 2. The van der Waals surface area contributed by atoms with Gasteiger partial charge in [-0.3, -0.25) is 0 Å². The van der Waals surface area contributed by atoms with Crippen LogP contribution in [0.5, 0.6) is 23.0 Å². The molecule has 0 N–H and O–H groups in total. The molecular formula is C25H35NO5. The minimum absolute atomic E-state index is 0.580. The second-order valence-corrected chi connectivity index (χ2v) is 7.44. The van der Waals surface area contributed by atoms with Gasteiger partial charge in [-0.2, -0.15) is 0 Å². The van der Waals surface area contributed by atoms with Crippen molar-refractivity contribution in [3.8, 4) is 23.0 Å². The second-order valence-electron chi connectivity index (χ2n) is 7.44. The Morgan fingerprint density at radius 3 is 2.06 bits per heavy atom. The van der Waals surface area contributed by atoms with E-state index in [9.17, 15) is 0 Å². The van der Waals surface area contributed by atoms with Gasteiger partial charge in [0.1, 0.15) is 29.6 Å². The van der Waals surface area contributed by atoms with Gasteiger partial charge in [-0.25, -0.2) is 0 Å². The Morgan fingerprint density at radius 1 is 0.871 bits per heavy atom. The number of methoxy groups -OCH3 is 4. The lowest BCUT2D eigenvalue weighted by atomic mass is 9.97. The van der Waals surface area contributed by atoms with E-state index in [1.807, 2.05) is 18.2 Å². The number of ether oxygens (including phenoxy) is 4. The first-order valence-electron chi connectivity index (χ1n) is 10.6. The molecule has 0 fully saturated rings. The van der Waals surface area contributed by atoms with Crippen molar-refractivity contribution in [2.75, 3.05) is 35.0 Å². The van der Waals surface area contributed by atoms with Gasteiger partial charge < -0.3 is 23.8 Å². The molecule has 0 aliphatic carbocycles. The highest BCUT2D eigenvalue weighted by atomic mass is 16.6. The van der Waals surface area contributed by atoms with E-state index >= 15 is 0 Å². The molecule has 0 aliphatic heterocycles. The molecule has 6 heteroatoms. The molecule has 0 saturated heterocycles. The standard InChI is InChI=1S/C25H35NO5/c1-8-9-10-15-31-26-19(12-11-17(2)3)18-16-22(29-6)23-20(27-4)13-14-21(28-5)24(23)25(18)30-7/h11,13-14,16H,8-10,12,15H2,1-7H3. The summed E-state index contributed by atoms with van der Waals surface area (Å²) in [6.07, 6.45) is 5.94. The first-order chi connectivity index (χ1) is 15.0. The molecule has 0 saturated carbocycles. The number of unbranched alkanes of at least 4 members (excludes halogenated alkanes) is 2. The number of hydrogen-bond donors (Lipinski definition) is 0. The molecule has 0 aliphatic rings. The molecule has 0 radical (unpaired) electrons. The predicted octanol–water partition coefficient (Wildman–Crippen LogP) is 6.14. The van der Waals surface area contributed by atoms with Crippen LogP contribution in [0.4, 0.5) is 0 Å². The summed E-state index contributed by atoms with van der Waals surface area (Å²) in [5.41, 5.74) is 2.76. The highest BCUT2D eigenvalue weighted by Gasteiger charge is 2.23. The third-order valence-corrected chi connectivity index (χ3v) is 5.01. The smallest absolute Gasteiger partial charge is 0.140 e. The van der Waals surface area contributed by atoms with Crippen molar-refractivity contribution in [1.29, 1.82) is 0 Å². The number of allylic oxidation sites excluding steroid dienone is 2. The summed E-state index contributed by atoms with van der Waals surface area (Å²) in [5, 5.41) is 6.05. The SMILES string of the molecule is CCCCCON=C(CC=C(C)C)c1cc(OC)c2c(OC)ccc(OC)c2c1OC. The zero-order valence-electron chi connectivity index (χ0n) is 19.8. The lowest BCUT2D eigenvalue weighted by Crippen LogP contribution is -2.07. The van der Waals surface area contributed by atoms with Gasteiger partial charge in [0.15, 0.2) is 0 Å². The van der Waals surface area contributed by atoms with Gasteiger partial charge in [0.2, 0.25) is 0 Å². The van der Waals surface area contributed by atoms with Crippen molar-refractivity contribution in [2.45, 2.75) is 46.5 Å². The summed E-state index contributed by atoms with van der Waals surface area (Å²) in [5.74, 6) is 2.64. The Balaban J connectivity index is 2.73. The summed E-state index contributed by atoms with van der Waals surface area (Å²) >= 11 is 0. The van der Waals surface area contributed by atoms with Crippen molar-refractivity contribution in [3.05, 3.63) is 35.4 Å². The lowest BCUT2D eigenvalue weighted by molar-refractivity contribution is 0.139. The van der Waals surface area contributed by atoms with Gasteiger partial charge in [0.25, 0.3) is 0 Å². The molecule has 2 rings (SSSR count). The second kappa shape index (κ2) is 12.1. The van der Waals surface area contributed by atoms with Crippen LogP contribution in [0.25, 0.3) is 10.8 Å². The van der Waals surface area contributed by atoms with E-state index in [-0.39, 0.29) is 0 Å². The van der Waals surface area contributed by atoms with Crippen LogP contribution in [-0.2, 0) is 4.84 Å². The summed E-state index contributed by atoms with van der Waals surface area (Å²) in [6, 6.07) is 5.65. The Morgan fingerprint density at radius 2 is 1.52 bits per heavy atom. The highest BCUT2D eigenvalue weighted by Crippen LogP contribution is 2.46. The quantitative estimate of drug-likeness (QED) is 0.175. The largest absolute Gasteiger partial charge is 0.496 e. The van der Waals surface area contributed by atoms with Crippen LogP contribution in [-0.4, -0.2) is 40.8 Å². The molecule has 0 atom stereocenters. The maximum Gasteiger partial charge on any atom is 0.140 e. The van der Waals surface area contributed by atoms with E-state index in [0.717, 1.165) is 41.3 Å². The maximum absolute atomic E-state index is 5.88. The van der Waals surface area contributed by atoms with Gasteiger partial charge >= 0.3 is 0 Å². The number of hydrogen-bond acceptors (Lipinski definition) is 6. The molecular weight excluding hydrogens is 394 g/mol. The van der Waals surface area contributed by atoms with Gasteiger partial charge in [0, 0.05) is 12.0 Å². The van der Waals surface area contributed by atoms with Gasteiger partial charge in [0.05, 0.1) is 44.9 Å². The molecule has 0 heterocycles. The Hall–Kier alpha value is -2.89. The summed E-state index contributed by atoms with van der Waals surface area (Å²) < 4.78 is 22.9. The summed E-state index contributed by atoms with van der Waals surface area (Å²) in [7, 11) is 6.55. The third-order valence-electron chi connectivity index (χ3n) is 5.01. The first-order valence-corrected chi connectivity index (χ1v) is 10.6. The number of nitrogens with zero attached hydrogens (tertiary/aromatic N) is 1. The lowest BCUT2D eigenvalue weighted by Gasteiger charge is -2.19. The molecule has 0 amide bonds. The van der Waals surface area contributed by atoms with Crippen molar-refractivity contribution in [2.24, 2.45) is 5.16 Å². The average Bonchev–Trinajstić information content (AvgIpc) is 2.78. The van der Waals surface area contributed by atoms with E-state index in [1.165, 1.54) is 5.57 Å². The van der Waals surface area contributed by atoms with E-state index in [1.54, 1.807) is 28.4 Å². The fourth-order valence-electron chi connectivity index (χ4n) is 3.40. The van der Waals surface area contributed by atoms with Gasteiger partial charge in [-0.1, -0.05) is 36.6 Å². The van der Waals surface area contributed by atoms with Gasteiger partial charge in [-0.05, 0) is 38.5 Å². The van der Waals surface area contributed by atoms with Crippen LogP contribution in [0.15, 0.2) is 35.0 Å².